The van der Waals surface area contributed by atoms with Gasteiger partial charge in [-0.25, -0.2) is 4.39 Å². The summed E-state index contributed by atoms with van der Waals surface area (Å²) in [5, 5.41) is 0.578. The summed E-state index contributed by atoms with van der Waals surface area (Å²) in [6.07, 6.45) is 0. The highest BCUT2D eigenvalue weighted by Gasteiger charge is 2.13. The van der Waals surface area contributed by atoms with Crippen molar-refractivity contribution < 1.29 is 18.3 Å². The van der Waals surface area contributed by atoms with Gasteiger partial charge in [-0.1, -0.05) is 12.1 Å². The number of furan rings is 1. The van der Waals surface area contributed by atoms with Crippen molar-refractivity contribution in [1.82, 2.24) is 0 Å². The summed E-state index contributed by atoms with van der Waals surface area (Å²) < 4.78 is 23.0. The number of methoxy groups -OCH3 is 1. The number of para-hydroxylation sites is 1. The zero-order chi connectivity index (χ0) is 10.8. The van der Waals surface area contributed by atoms with E-state index in [9.17, 15) is 9.18 Å². The molecular formula is C11H9FO3. The molecule has 2 rings (SSSR count). The third-order valence-electron chi connectivity index (χ3n) is 2.05. The fourth-order valence-corrected chi connectivity index (χ4v) is 1.37. The van der Waals surface area contributed by atoms with Gasteiger partial charge >= 0.3 is 0 Å². The number of hydrogen-bond acceptors (Lipinski definition) is 3. The Hall–Kier alpha value is -1.68. The Kier molecular flexibility index (Phi) is 2.51. The van der Waals surface area contributed by atoms with Crippen molar-refractivity contribution in [2.75, 3.05) is 13.7 Å². The smallest absolute Gasteiger partial charge is 0.223 e. The number of fused-ring (bicyclic) bond motifs is 1. The first-order valence-corrected chi connectivity index (χ1v) is 4.42. The van der Waals surface area contributed by atoms with Gasteiger partial charge in [0.2, 0.25) is 5.78 Å². The molecule has 2 aromatic rings. The van der Waals surface area contributed by atoms with Gasteiger partial charge in [0, 0.05) is 12.5 Å². The number of ketones is 1. The summed E-state index contributed by atoms with van der Waals surface area (Å²) in [7, 11) is 1.42. The Morgan fingerprint density at radius 2 is 2.33 bits per heavy atom. The van der Waals surface area contributed by atoms with Crippen molar-refractivity contribution in [2.24, 2.45) is 0 Å². The van der Waals surface area contributed by atoms with Crippen LogP contribution in [0.1, 0.15) is 10.6 Å². The van der Waals surface area contributed by atoms with E-state index >= 15 is 0 Å². The molecule has 0 unspecified atom stereocenters. The predicted octanol–water partition coefficient (Wildman–Crippen LogP) is 2.40. The van der Waals surface area contributed by atoms with Crippen LogP contribution in [0.3, 0.4) is 0 Å². The lowest BCUT2D eigenvalue weighted by Crippen LogP contribution is -2.05. The molecule has 0 bridgehead atoms. The fourth-order valence-electron chi connectivity index (χ4n) is 1.37. The molecule has 0 aliphatic heterocycles. The molecule has 0 saturated heterocycles. The molecule has 1 heterocycles. The largest absolute Gasteiger partial charge is 0.450 e. The molecule has 0 N–H and O–H groups in total. The van der Waals surface area contributed by atoms with Crippen LogP contribution in [-0.2, 0) is 4.74 Å². The van der Waals surface area contributed by atoms with Gasteiger partial charge in [0.05, 0.1) is 0 Å². The number of halogens is 1. The molecule has 3 nitrogen and oxygen atoms in total. The molecule has 0 spiro atoms. The van der Waals surface area contributed by atoms with Gasteiger partial charge in [0.25, 0.3) is 0 Å². The zero-order valence-electron chi connectivity index (χ0n) is 8.12. The lowest BCUT2D eigenvalue weighted by atomic mass is 10.2. The van der Waals surface area contributed by atoms with E-state index in [0.29, 0.717) is 5.39 Å². The Labute approximate surface area is 85.4 Å². The second-order valence-electron chi connectivity index (χ2n) is 3.13. The molecule has 78 valence electrons. The highest BCUT2D eigenvalue weighted by molar-refractivity contribution is 5.98. The highest BCUT2D eigenvalue weighted by Crippen LogP contribution is 2.22. The number of carbonyl (C=O) groups excluding carboxylic acids is 1. The molecule has 1 aromatic carbocycles. The Bertz CT molecular complexity index is 502. The second kappa shape index (κ2) is 3.82. The van der Waals surface area contributed by atoms with Crippen molar-refractivity contribution in [3.8, 4) is 0 Å². The zero-order valence-corrected chi connectivity index (χ0v) is 8.12. The van der Waals surface area contributed by atoms with Crippen LogP contribution in [0.4, 0.5) is 4.39 Å². The Balaban J connectivity index is 2.47. The average molecular weight is 208 g/mol. The SMILES string of the molecule is COCC(=O)c1cc2cccc(F)c2o1. The lowest BCUT2D eigenvalue weighted by Gasteiger charge is -1.93. The molecule has 0 atom stereocenters. The average Bonchev–Trinajstić information content (AvgIpc) is 2.63. The van der Waals surface area contributed by atoms with Crippen LogP contribution >= 0.6 is 0 Å². The van der Waals surface area contributed by atoms with E-state index in [1.165, 1.54) is 19.2 Å². The van der Waals surface area contributed by atoms with Crippen LogP contribution in [0.25, 0.3) is 11.0 Å². The molecule has 0 radical (unpaired) electrons. The standard InChI is InChI=1S/C11H9FO3/c1-14-6-9(13)10-5-7-3-2-4-8(12)11(7)15-10/h2-5H,6H2,1H3. The number of Topliss-reactive ketones (excluding diaryl/α,β-unsaturated/α-hetero) is 1. The number of hydrogen-bond donors (Lipinski definition) is 0. The number of rotatable bonds is 3. The van der Waals surface area contributed by atoms with Gasteiger partial charge in [-0.2, -0.15) is 0 Å². The van der Waals surface area contributed by atoms with Crippen molar-refractivity contribution in [3.63, 3.8) is 0 Å². The van der Waals surface area contributed by atoms with E-state index in [1.54, 1.807) is 12.1 Å². The van der Waals surface area contributed by atoms with E-state index in [4.69, 9.17) is 4.42 Å². The van der Waals surface area contributed by atoms with Gasteiger partial charge in [0.1, 0.15) is 6.61 Å². The molecular weight excluding hydrogens is 199 g/mol. The van der Waals surface area contributed by atoms with E-state index in [-0.39, 0.29) is 23.7 Å². The molecule has 15 heavy (non-hydrogen) atoms. The van der Waals surface area contributed by atoms with Crippen LogP contribution in [-0.4, -0.2) is 19.5 Å². The second-order valence-corrected chi connectivity index (χ2v) is 3.13. The summed E-state index contributed by atoms with van der Waals surface area (Å²) in [6.45, 7) is -0.0680. The van der Waals surface area contributed by atoms with Crippen LogP contribution in [0, 0.1) is 5.82 Å². The fraction of sp³-hybridized carbons (Fsp3) is 0.182. The van der Waals surface area contributed by atoms with Gasteiger partial charge in [-0.3, -0.25) is 4.79 Å². The quantitative estimate of drug-likeness (QED) is 0.727. The third kappa shape index (κ3) is 1.76. The van der Waals surface area contributed by atoms with Gasteiger partial charge in [0.15, 0.2) is 17.2 Å². The first-order valence-electron chi connectivity index (χ1n) is 4.42. The minimum absolute atomic E-state index is 0.0680. The lowest BCUT2D eigenvalue weighted by molar-refractivity contribution is 0.0822. The summed E-state index contributed by atoms with van der Waals surface area (Å²) >= 11 is 0. The molecule has 0 aliphatic carbocycles. The van der Waals surface area contributed by atoms with Crippen molar-refractivity contribution >= 4 is 16.8 Å². The molecule has 1 aromatic heterocycles. The molecule has 4 heteroatoms. The summed E-state index contributed by atoms with van der Waals surface area (Å²) in [5.41, 5.74) is 0.108. The summed E-state index contributed by atoms with van der Waals surface area (Å²) in [4.78, 5) is 11.4. The topological polar surface area (TPSA) is 39.4 Å². The normalized spacial score (nSPS) is 10.8. The third-order valence-corrected chi connectivity index (χ3v) is 2.05. The van der Waals surface area contributed by atoms with Crippen LogP contribution < -0.4 is 0 Å². The molecule has 0 saturated carbocycles. The van der Waals surface area contributed by atoms with Crippen LogP contribution in [0.15, 0.2) is 28.7 Å². The Morgan fingerprint density at radius 3 is 3.00 bits per heavy atom. The minimum Gasteiger partial charge on any atom is -0.450 e. The maximum Gasteiger partial charge on any atom is 0.223 e. The van der Waals surface area contributed by atoms with Gasteiger partial charge in [-0.05, 0) is 12.1 Å². The van der Waals surface area contributed by atoms with Crippen LogP contribution in [0.2, 0.25) is 0 Å². The van der Waals surface area contributed by atoms with E-state index < -0.39 is 5.82 Å². The number of benzene rings is 1. The number of ether oxygens (including phenoxy) is 1. The van der Waals surface area contributed by atoms with E-state index in [1.807, 2.05) is 0 Å². The van der Waals surface area contributed by atoms with Crippen LogP contribution in [0.5, 0.6) is 0 Å². The van der Waals surface area contributed by atoms with Crippen molar-refractivity contribution in [2.45, 2.75) is 0 Å². The molecule has 0 aliphatic rings. The van der Waals surface area contributed by atoms with E-state index in [0.717, 1.165) is 0 Å². The summed E-state index contributed by atoms with van der Waals surface area (Å²) in [6, 6.07) is 6.05. The molecule has 0 fully saturated rings. The monoisotopic (exact) mass is 208 g/mol. The maximum atomic E-state index is 13.2. The first kappa shape index (κ1) is 9.86. The first-order chi connectivity index (χ1) is 7.22. The molecule has 0 amide bonds. The Morgan fingerprint density at radius 1 is 1.53 bits per heavy atom. The predicted molar refractivity (Wildman–Crippen MR) is 52.4 cm³/mol. The minimum atomic E-state index is -0.469. The van der Waals surface area contributed by atoms with E-state index in [2.05, 4.69) is 4.74 Å². The van der Waals surface area contributed by atoms with Crippen molar-refractivity contribution in [3.05, 3.63) is 35.8 Å². The highest BCUT2D eigenvalue weighted by atomic mass is 19.1. The van der Waals surface area contributed by atoms with Crippen molar-refractivity contribution in [1.29, 1.82) is 0 Å². The summed E-state index contributed by atoms with van der Waals surface area (Å²) in [5.74, 6) is -0.644. The van der Waals surface area contributed by atoms with Gasteiger partial charge < -0.3 is 9.15 Å². The number of carbonyl (C=O) groups is 1. The van der Waals surface area contributed by atoms with Gasteiger partial charge in [-0.15, -0.1) is 0 Å². The maximum absolute atomic E-state index is 13.2.